The Bertz CT molecular complexity index is 1380. The highest BCUT2D eigenvalue weighted by atomic mass is 16.6. The lowest BCUT2D eigenvalue weighted by Gasteiger charge is -2.19. The Morgan fingerprint density at radius 2 is 0.565 bits per heavy atom. The normalized spacial score (nSPS) is 22.0. The van der Waals surface area contributed by atoms with E-state index in [1.54, 1.807) is 0 Å². The molecule has 4 aromatic carbocycles. The first kappa shape index (κ1) is 29.1. The van der Waals surface area contributed by atoms with Gasteiger partial charge in [-0.1, -0.05) is 48.5 Å². The van der Waals surface area contributed by atoms with E-state index in [-0.39, 0.29) is 24.4 Å². The van der Waals surface area contributed by atoms with E-state index in [4.69, 9.17) is 37.9 Å². The molecule has 4 heterocycles. The van der Waals surface area contributed by atoms with Gasteiger partial charge in [0.05, 0.1) is 26.4 Å². The lowest BCUT2D eigenvalue weighted by Crippen LogP contribution is -2.05. The van der Waals surface area contributed by atoms with Crippen LogP contribution in [0.4, 0.5) is 0 Å². The third kappa shape index (κ3) is 7.71. The summed E-state index contributed by atoms with van der Waals surface area (Å²) >= 11 is 0. The van der Waals surface area contributed by atoms with Crippen LogP contribution >= 0.6 is 0 Å². The number of epoxide rings is 4. The molecule has 0 amide bonds. The van der Waals surface area contributed by atoms with E-state index in [0.29, 0.717) is 26.4 Å². The van der Waals surface area contributed by atoms with Crippen molar-refractivity contribution in [2.45, 2.75) is 24.4 Å². The van der Waals surface area contributed by atoms with Crippen molar-refractivity contribution in [3.63, 3.8) is 0 Å². The Morgan fingerprint density at radius 1 is 0.370 bits per heavy atom. The van der Waals surface area contributed by atoms with Gasteiger partial charge in [0.2, 0.25) is 0 Å². The molecule has 0 aromatic heterocycles. The third-order valence-electron chi connectivity index (χ3n) is 8.18. The van der Waals surface area contributed by atoms with Gasteiger partial charge in [-0.05, 0) is 81.9 Å². The van der Waals surface area contributed by atoms with E-state index in [0.717, 1.165) is 82.8 Å². The molecule has 4 aliphatic rings. The highest BCUT2D eigenvalue weighted by Gasteiger charge is 2.26. The molecule has 0 radical (unpaired) electrons. The average Bonchev–Trinajstić information content (AvgIpc) is 3.91. The molecule has 4 fully saturated rings. The van der Waals surface area contributed by atoms with Gasteiger partial charge in [-0.25, -0.2) is 0 Å². The SMILES string of the molecule is c1cc(C(=C(c2ccc(OCC3CO3)cc2)c2ccc(OCC3CO3)cc2)c2ccc(OCC3CO3)cc2)ccc1OCC1CO1. The van der Waals surface area contributed by atoms with Crippen LogP contribution in [-0.4, -0.2) is 77.3 Å². The zero-order chi connectivity index (χ0) is 30.7. The number of hydrogen-bond donors (Lipinski definition) is 0. The third-order valence-corrected chi connectivity index (χ3v) is 8.18. The highest BCUT2D eigenvalue weighted by Crippen LogP contribution is 2.39. The van der Waals surface area contributed by atoms with Crippen LogP contribution in [0.2, 0.25) is 0 Å². The molecule has 0 saturated carbocycles. The minimum atomic E-state index is 0.196. The van der Waals surface area contributed by atoms with Crippen molar-refractivity contribution in [2.24, 2.45) is 0 Å². The predicted molar refractivity (Wildman–Crippen MR) is 172 cm³/mol. The minimum absolute atomic E-state index is 0.196. The fourth-order valence-electron chi connectivity index (χ4n) is 5.20. The molecule has 0 N–H and O–H groups in total. The van der Waals surface area contributed by atoms with Crippen molar-refractivity contribution < 1.29 is 37.9 Å². The number of rotatable bonds is 16. The Hall–Kier alpha value is -4.34. The molecule has 8 nitrogen and oxygen atoms in total. The second kappa shape index (κ2) is 13.2. The van der Waals surface area contributed by atoms with Gasteiger partial charge in [0.15, 0.2) is 0 Å². The Morgan fingerprint density at radius 3 is 0.739 bits per heavy atom. The van der Waals surface area contributed by atoms with E-state index < -0.39 is 0 Å². The number of hydrogen-bond acceptors (Lipinski definition) is 8. The van der Waals surface area contributed by atoms with E-state index in [9.17, 15) is 0 Å². The second-order valence-electron chi connectivity index (χ2n) is 11.9. The van der Waals surface area contributed by atoms with Gasteiger partial charge in [-0.15, -0.1) is 0 Å². The van der Waals surface area contributed by atoms with Crippen molar-refractivity contribution in [2.75, 3.05) is 52.9 Å². The van der Waals surface area contributed by atoms with Crippen LogP contribution in [0.3, 0.4) is 0 Å². The lowest BCUT2D eigenvalue weighted by molar-refractivity contribution is 0.263. The largest absolute Gasteiger partial charge is 0.491 e. The fourth-order valence-corrected chi connectivity index (χ4v) is 5.20. The van der Waals surface area contributed by atoms with Gasteiger partial charge < -0.3 is 37.9 Å². The van der Waals surface area contributed by atoms with Crippen molar-refractivity contribution in [3.05, 3.63) is 119 Å². The molecule has 8 heteroatoms. The van der Waals surface area contributed by atoms with Crippen LogP contribution < -0.4 is 18.9 Å². The molecular weight excluding hydrogens is 584 g/mol. The van der Waals surface area contributed by atoms with Crippen LogP contribution in [0.5, 0.6) is 23.0 Å². The molecule has 4 aromatic rings. The summed E-state index contributed by atoms with van der Waals surface area (Å²) in [4.78, 5) is 0. The summed E-state index contributed by atoms with van der Waals surface area (Å²) in [7, 11) is 0. The fraction of sp³-hybridized carbons (Fsp3) is 0.316. The first-order valence-corrected chi connectivity index (χ1v) is 15.9. The summed E-state index contributed by atoms with van der Waals surface area (Å²) in [6, 6.07) is 33.1. The number of benzene rings is 4. The minimum Gasteiger partial charge on any atom is -0.491 e. The Labute approximate surface area is 268 Å². The van der Waals surface area contributed by atoms with Crippen molar-refractivity contribution >= 4 is 11.1 Å². The van der Waals surface area contributed by atoms with E-state index >= 15 is 0 Å². The molecule has 4 atom stereocenters. The summed E-state index contributed by atoms with van der Waals surface area (Å²) < 4.78 is 45.2. The Balaban J connectivity index is 1.18. The maximum absolute atomic E-state index is 5.97. The highest BCUT2D eigenvalue weighted by molar-refractivity contribution is 6.04. The molecule has 46 heavy (non-hydrogen) atoms. The molecule has 236 valence electrons. The number of ether oxygens (including phenoxy) is 8. The van der Waals surface area contributed by atoms with E-state index in [2.05, 4.69) is 48.5 Å². The maximum Gasteiger partial charge on any atom is 0.119 e. The molecule has 0 spiro atoms. The molecule has 4 saturated heterocycles. The Kier molecular flexibility index (Phi) is 8.33. The summed E-state index contributed by atoms with van der Waals surface area (Å²) in [5.41, 5.74) is 6.39. The first-order valence-electron chi connectivity index (χ1n) is 15.9. The molecule has 8 rings (SSSR count). The molecule has 0 bridgehead atoms. The standard InChI is InChI=1S/C38H36O8/c1-9-29(39-17-33-21-43-33)10-2-25(1)37(26-3-11-30(12-4-26)40-18-34-22-44-34)38(27-5-13-31(14-6-27)41-19-35-23-45-35)28-7-15-32(16-8-28)42-20-36-24-46-36/h1-16,33-36H,17-24H2. The van der Waals surface area contributed by atoms with E-state index in [1.165, 1.54) is 0 Å². The summed E-state index contributed by atoms with van der Waals surface area (Å²) in [6.07, 6.45) is 0.783. The van der Waals surface area contributed by atoms with Crippen molar-refractivity contribution in [1.82, 2.24) is 0 Å². The van der Waals surface area contributed by atoms with Crippen LogP contribution in [0.1, 0.15) is 22.3 Å². The quantitative estimate of drug-likeness (QED) is 0.115. The van der Waals surface area contributed by atoms with Gasteiger partial charge in [-0.3, -0.25) is 0 Å². The van der Waals surface area contributed by atoms with Crippen LogP contribution in [0.15, 0.2) is 97.1 Å². The van der Waals surface area contributed by atoms with Crippen molar-refractivity contribution in [1.29, 1.82) is 0 Å². The van der Waals surface area contributed by atoms with Gasteiger partial charge in [0.1, 0.15) is 73.8 Å². The zero-order valence-electron chi connectivity index (χ0n) is 25.5. The summed E-state index contributed by atoms with van der Waals surface area (Å²) in [6.45, 7) is 5.28. The summed E-state index contributed by atoms with van der Waals surface area (Å²) in [5.74, 6) is 3.25. The zero-order valence-corrected chi connectivity index (χ0v) is 25.5. The van der Waals surface area contributed by atoms with Crippen LogP contribution in [0, 0.1) is 0 Å². The topological polar surface area (TPSA) is 87.0 Å². The molecule has 0 aliphatic carbocycles. The monoisotopic (exact) mass is 620 g/mol. The maximum atomic E-state index is 5.97. The lowest BCUT2D eigenvalue weighted by atomic mass is 9.85. The van der Waals surface area contributed by atoms with Crippen molar-refractivity contribution in [3.8, 4) is 23.0 Å². The summed E-state index contributed by atoms with van der Waals surface area (Å²) in [5, 5.41) is 0. The van der Waals surface area contributed by atoms with Gasteiger partial charge in [0.25, 0.3) is 0 Å². The molecule has 4 unspecified atom stereocenters. The van der Waals surface area contributed by atoms with Crippen LogP contribution in [0.25, 0.3) is 11.1 Å². The average molecular weight is 621 g/mol. The predicted octanol–water partition coefficient (Wildman–Crippen LogP) is 5.80. The van der Waals surface area contributed by atoms with Gasteiger partial charge >= 0.3 is 0 Å². The smallest absolute Gasteiger partial charge is 0.119 e. The van der Waals surface area contributed by atoms with Gasteiger partial charge in [0, 0.05) is 0 Å². The molecular formula is C38H36O8. The molecule has 4 aliphatic heterocycles. The first-order chi connectivity index (χ1) is 22.7. The second-order valence-corrected chi connectivity index (χ2v) is 11.9. The van der Waals surface area contributed by atoms with Gasteiger partial charge in [-0.2, -0.15) is 0 Å². The van der Waals surface area contributed by atoms with Crippen LogP contribution in [-0.2, 0) is 18.9 Å². The van der Waals surface area contributed by atoms with E-state index in [1.807, 2.05) is 48.5 Å².